The number of benzene rings is 1. The third-order valence-electron chi connectivity index (χ3n) is 2.09. The molecule has 0 fully saturated rings. The van der Waals surface area contributed by atoms with Crippen LogP contribution in [0.15, 0.2) is 42.7 Å². The van der Waals surface area contributed by atoms with E-state index in [-0.39, 0.29) is 12.4 Å². The molecule has 0 saturated carbocycles. The highest BCUT2D eigenvalue weighted by Gasteiger charge is 2.14. The summed E-state index contributed by atoms with van der Waals surface area (Å²) in [5.74, 6) is -0.316. The number of aliphatic hydroxyl groups is 2. The zero-order chi connectivity index (χ0) is 12.7. The van der Waals surface area contributed by atoms with Gasteiger partial charge in [0.25, 0.3) is 0 Å². The molecule has 0 aliphatic rings. The van der Waals surface area contributed by atoms with Crippen molar-refractivity contribution in [3.8, 4) is 0 Å². The largest absolute Gasteiger partial charge is 0.511 e. The molecule has 1 amide bonds. The van der Waals surface area contributed by atoms with Gasteiger partial charge in [-0.3, -0.25) is 0 Å². The number of rotatable bonds is 5. The van der Waals surface area contributed by atoms with Crippen LogP contribution in [0.5, 0.6) is 0 Å². The van der Waals surface area contributed by atoms with E-state index < -0.39 is 18.7 Å². The zero-order valence-electron chi connectivity index (χ0n) is 9.30. The van der Waals surface area contributed by atoms with E-state index in [1.807, 2.05) is 30.3 Å². The van der Waals surface area contributed by atoms with Crippen molar-refractivity contribution in [3.05, 3.63) is 48.2 Å². The summed E-state index contributed by atoms with van der Waals surface area (Å²) in [4.78, 5) is 11.3. The van der Waals surface area contributed by atoms with Crippen molar-refractivity contribution in [1.29, 1.82) is 0 Å². The molecule has 3 N–H and O–H groups in total. The number of carbonyl (C=O) groups is 1. The molecule has 0 bridgehead atoms. The van der Waals surface area contributed by atoms with Crippen LogP contribution in [0.1, 0.15) is 5.56 Å². The van der Waals surface area contributed by atoms with E-state index in [1.54, 1.807) is 0 Å². The minimum Gasteiger partial charge on any atom is -0.511 e. The Morgan fingerprint density at radius 3 is 2.59 bits per heavy atom. The Bertz CT molecular complexity index is 377. The van der Waals surface area contributed by atoms with Gasteiger partial charge >= 0.3 is 6.09 Å². The van der Waals surface area contributed by atoms with Crippen LogP contribution in [0.4, 0.5) is 4.79 Å². The second kappa shape index (κ2) is 6.55. The molecule has 1 aromatic carbocycles. The van der Waals surface area contributed by atoms with Gasteiger partial charge < -0.3 is 20.3 Å². The summed E-state index contributed by atoms with van der Waals surface area (Å²) in [5, 5.41) is 20.1. The second-order valence-corrected chi connectivity index (χ2v) is 3.43. The van der Waals surface area contributed by atoms with Gasteiger partial charge in [0.2, 0.25) is 0 Å². The Morgan fingerprint density at radius 1 is 1.41 bits per heavy atom. The Hall–Kier alpha value is -2.01. The fourth-order valence-electron chi connectivity index (χ4n) is 1.14. The lowest BCUT2D eigenvalue weighted by Crippen LogP contribution is -2.38. The highest BCUT2D eigenvalue weighted by Crippen LogP contribution is 2.01. The van der Waals surface area contributed by atoms with Crippen LogP contribution in [0.25, 0.3) is 0 Å². The SMILES string of the molecule is C=C(O)[C@H](CO)NC(=O)OCc1ccccc1. The van der Waals surface area contributed by atoms with Gasteiger partial charge in [-0.2, -0.15) is 0 Å². The lowest BCUT2D eigenvalue weighted by Gasteiger charge is -2.14. The lowest BCUT2D eigenvalue weighted by atomic mass is 10.2. The number of hydrogen-bond donors (Lipinski definition) is 3. The second-order valence-electron chi connectivity index (χ2n) is 3.43. The van der Waals surface area contributed by atoms with Crippen LogP contribution < -0.4 is 5.32 Å². The van der Waals surface area contributed by atoms with Crippen molar-refractivity contribution < 1.29 is 19.7 Å². The van der Waals surface area contributed by atoms with Gasteiger partial charge in [-0.1, -0.05) is 36.9 Å². The molecule has 5 heteroatoms. The van der Waals surface area contributed by atoms with E-state index >= 15 is 0 Å². The van der Waals surface area contributed by atoms with Crippen LogP contribution in [0.2, 0.25) is 0 Å². The van der Waals surface area contributed by atoms with Gasteiger partial charge in [0.1, 0.15) is 18.4 Å². The van der Waals surface area contributed by atoms with Crippen LogP contribution in [-0.4, -0.2) is 29.0 Å². The molecule has 0 aromatic heterocycles. The third kappa shape index (κ3) is 4.56. The molecular weight excluding hydrogens is 222 g/mol. The van der Waals surface area contributed by atoms with Gasteiger partial charge in [0, 0.05) is 0 Å². The number of aliphatic hydroxyl groups excluding tert-OH is 2. The van der Waals surface area contributed by atoms with Gasteiger partial charge in [-0.15, -0.1) is 0 Å². The van der Waals surface area contributed by atoms with Crippen LogP contribution in [0.3, 0.4) is 0 Å². The first-order chi connectivity index (χ1) is 8.13. The Kier molecular flexibility index (Phi) is 5.03. The van der Waals surface area contributed by atoms with Crippen LogP contribution in [0, 0.1) is 0 Å². The van der Waals surface area contributed by atoms with Gasteiger partial charge in [0.15, 0.2) is 0 Å². The maximum absolute atomic E-state index is 11.3. The van der Waals surface area contributed by atoms with Gasteiger partial charge in [-0.05, 0) is 5.56 Å². The normalized spacial score (nSPS) is 11.6. The molecule has 0 aliphatic carbocycles. The maximum Gasteiger partial charge on any atom is 0.408 e. The van der Waals surface area contributed by atoms with Gasteiger partial charge in [0.05, 0.1) is 6.61 Å². The highest BCUT2D eigenvalue weighted by atomic mass is 16.5. The third-order valence-corrected chi connectivity index (χ3v) is 2.09. The smallest absolute Gasteiger partial charge is 0.408 e. The minimum atomic E-state index is -0.904. The maximum atomic E-state index is 11.3. The van der Waals surface area contributed by atoms with E-state index in [9.17, 15) is 4.79 Å². The van der Waals surface area contributed by atoms with Crippen molar-refractivity contribution in [2.45, 2.75) is 12.6 Å². The Morgan fingerprint density at radius 2 is 2.06 bits per heavy atom. The highest BCUT2D eigenvalue weighted by molar-refractivity contribution is 5.68. The average molecular weight is 237 g/mol. The summed E-state index contributed by atoms with van der Waals surface area (Å²) >= 11 is 0. The molecule has 0 saturated heterocycles. The molecule has 0 spiro atoms. The average Bonchev–Trinajstić information content (AvgIpc) is 2.34. The molecule has 92 valence electrons. The molecule has 0 heterocycles. The molecule has 17 heavy (non-hydrogen) atoms. The Balaban J connectivity index is 2.37. The molecule has 1 rings (SSSR count). The van der Waals surface area contributed by atoms with Crippen molar-refractivity contribution in [2.24, 2.45) is 0 Å². The monoisotopic (exact) mass is 237 g/mol. The number of amides is 1. The van der Waals surface area contributed by atoms with Crippen molar-refractivity contribution >= 4 is 6.09 Å². The van der Waals surface area contributed by atoms with E-state index in [0.29, 0.717) is 0 Å². The van der Waals surface area contributed by atoms with Crippen molar-refractivity contribution in [3.63, 3.8) is 0 Å². The fourth-order valence-corrected chi connectivity index (χ4v) is 1.14. The van der Waals surface area contributed by atoms with E-state index in [2.05, 4.69) is 11.9 Å². The number of ether oxygens (including phenoxy) is 1. The number of alkyl carbamates (subject to hydrolysis) is 1. The molecule has 1 atom stereocenters. The molecular formula is C12H15NO4. The van der Waals surface area contributed by atoms with Crippen molar-refractivity contribution in [2.75, 3.05) is 6.61 Å². The van der Waals surface area contributed by atoms with E-state index in [4.69, 9.17) is 14.9 Å². The standard InChI is InChI=1S/C12H15NO4/c1-9(15)11(7-14)13-12(16)17-8-10-5-3-2-4-6-10/h2-6,11,14-15H,1,7-8H2,(H,13,16)/t11-/m0/s1. The van der Waals surface area contributed by atoms with E-state index in [0.717, 1.165) is 5.56 Å². The molecule has 0 aliphatic heterocycles. The summed E-state index contributed by atoms with van der Waals surface area (Å²) in [7, 11) is 0. The predicted octanol–water partition coefficient (Wildman–Crippen LogP) is 1.35. The zero-order valence-corrected chi connectivity index (χ0v) is 9.30. The fraction of sp³-hybridized carbons (Fsp3) is 0.250. The first kappa shape index (κ1) is 13.1. The number of carbonyl (C=O) groups excluding carboxylic acids is 1. The topological polar surface area (TPSA) is 78.8 Å². The predicted molar refractivity (Wildman–Crippen MR) is 62.4 cm³/mol. The molecule has 0 radical (unpaired) electrons. The molecule has 5 nitrogen and oxygen atoms in total. The molecule has 0 unspecified atom stereocenters. The number of hydrogen-bond acceptors (Lipinski definition) is 4. The lowest BCUT2D eigenvalue weighted by molar-refractivity contribution is 0.127. The first-order valence-electron chi connectivity index (χ1n) is 5.09. The van der Waals surface area contributed by atoms with Crippen LogP contribution in [-0.2, 0) is 11.3 Å². The van der Waals surface area contributed by atoms with E-state index in [1.165, 1.54) is 0 Å². The summed E-state index contributed by atoms with van der Waals surface area (Å²) in [6.07, 6.45) is -0.719. The summed E-state index contributed by atoms with van der Waals surface area (Å²) in [5.41, 5.74) is 0.853. The minimum absolute atomic E-state index is 0.128. The van der Waals surface area contributed by atoms with Crippen molar-refractivity contribution in [1.82, 2.24) is 5.32 Å². The summed E-state index contributed by atoms with van der Waals surface area (Å²) in [6.45, 7) is 2.92. The number of nitrogens with one attached hydrogen (secondary N) is 1. The Labute approximate surface area is 99.3 Å². The van der Waals surface area contributed by atoms with Crippen LogP contribution >= 0.6 is 0 Å². The van der Waals surface area contributed by atoms with Gasteiger partial charge in [-0.25, -0.2) is 4.79 Å². The summed E-state index contributed by atoms with van der Waals surface area (Å²) in [6, 6.07) is 8.27. The first-order valence-corrected chi connectivity index (χ1v) is 5.09. The summed E-state index contributed by atoms with van der Waals surface area (Å²) < 4.78 is 4.90. The molecule has 1 aromatic rings. The quantitative estimate of drug-likeness (QED) is 0.675.